The van der Waals surface area contributed by atoms with E-state index in [2.05, 4.69) is 5.32 Å². The second kappa shape index (κ2) is 10.7. The number of ether oxygens (including phenoxy) is 2. The predicted molar refractivity (Wildman–Crippen MR) is 138 cm³/mol. The maximum atomic E-state index is 12.9. The molecular formula is C27H23ClN2O5S. The highest BCUT2D eigenvalue weighted by molar-refractivity contribution is 8.00. The molecule has 7 nitrogen and oxygen atoms in total. The summed E-state index contributed by atoms with van der Waals surface area (Å²) < 4.78 is 11.5. The van der Waals surface area contributed by atoms with Crippen molar-refractivity contribution < 1.29 is 23.9 Å². The number of imide groups is 1. The molecule has 3 amide bonds. The first kappa shape index (κ1) is 24.4. The largest absolute Gasteiger partial charge is 0.457 e. The molecule has 184 valence electrons. The van der Waals surface area contributed by atoms with Gasteiger partial charge in [-0.2, -0.15) is 0 Å². The molecule has 0 aliphatic carbocycles. The first-order valence-corrected chi connectivity index (χ1v) is 12.9. The van der Waals surface area contributed by atoms with Crippen LogP contribution in [0.25, 0.3) is 0 Å². The van der Waals surface area contributed by atoms with E-state index in [1.54, 1.807) is 54.6 Å². The van der Waals surface area contributed by atoms with E-state index in [0.29, 0.717) is 39.9 Å². The van der Waals surface area contributed by atoms with Crippen molar-refractivity contribution in [2.45, 2.75) is 23.8 Å². The molecule has 2 heterocycles. The van der Waals surface area contributed by atoms with Gasteiger partial charge in [0.25, 0.3) is 11.8 Å². The normalized spacial score (nSPS) is 16.8. The summed E-state index contributed by atoms with van der Waals surface area (Å²) in [4.78, 5) is 40.0. The van der Waals surface area contributed by atoms with Gasteiger partial charge < -0.3 is 14.8 Å². The average molecular weight is 523 g/mol. The number of thioether (sulfide) groups is 1. The zero-order chi connectivity index (χ0) is 25.1. The molecule has 3 aromatic rings. The molecule has 0 spiro atoms. The number of halogens is 1. The van der Waals surface area contributed by atoms with Gasteiger partial charge in [0.15, 0.2) is 0 Å². The monoisotopic (exact) mass is 522 g/mol. The third kappa shape index (κ3) is 5.56. The van der Waals surface area contributed by atoms with E-state index >= 15 is 0 Å². The summed E-state index contributed by atoms with van der Waals surface area (Å²) in [6.07, 6.45) is 1.69. The van der Waals surface area contributed by atoms with Crippen LogP contribution in [0.1, 0.15) is 33.6 Å². The van der Waals surface area contributed by atoms with Gasteiger partial charge in [-0.3, -0.25) is 19.3 Å². The molecule has 1 unspecified atom stereocenters. The molecule has 1 N–H and O–H groups in total. The second-order valence-electron chi connectivity index (χ2n) is 8.48. The lowest BCUT2D eigenvalue weighted by Gasteiger charge is -2.17. The third-order valence-electron chi connectivity index (χ3n) is 5.91. The predicted octanol–water partition coefficient (Wildman–Crippen LogP) is 5.64. The smallest absolute Gasteiger partial charge is 0.261 e. The molecule has 0 radical (unpaired) electrons. The number of benzene rings is 3. The summed E-state index contributed by atoms with van der Waals surface area (Å²) in [5, 5.41) is 3.51. The Labute approximate surface area is 217 Å². The van der Waals surface area contributed by atoms with Crippen molar-refractivity contribution in [2.24, 2.45) is 0 Å². The molecule has 1 fully saturated rings. The summed E-state index contributed by atoms with van der Waals surface area (Å²) >= 11 is 7.31. The van der Waals surface area contributed by atoms with E-state index in [1.807, 2.05) is 12.1 Å². The van der Waals surface area contributed by atoms with Crippen LogP contribution in [0.15, 0.2) is 71.6 Å². The molecule has 0 saturated carbocycles. The van der Waals surface area contributed by atoms with Crippen LogP contribution < -0.4 is 10.1 Å². The SMILES string of the molecule is O=C(CSc1ccc(Cl)cc1)Nc1ccc(Oc2ccc3c(c2)C(=O)N(CC2CCCO2)C3=O)cc1. The van der Waals surface area contributed by atoms with Gasteiger partial charge in [-0.05, 0) is 79.6 Å². The van der Waals surface area contributed by atoms with Crippen LogP contribution in [-0.2, 0) is 9.53 Å². The number of hydrogen-bond donors (Lipinski definition) is 1. The van der Waals surface area contributed by atoms with Crippen LogP contribution in [0.2, 0.25) is 5.02 Å². The second-order valence-corrected chi connectivity index (χ2v) is 9.97. The quantitative estimate of drug-likeness (QED) is 0.304. The molecule has 5 rings (SSSR count). The standard InChI is InChI=1S/C27H23ClN2O5S/c28-17-3-10-22(11-4-17)36-16-25(31)29-18-5-7-19(8-6-18)35-20-9-12-23-24(14-20)27(33)30(26(23)32)15-21-2-1-13-34-21/h3-12,14,21H,1-2,13,15-16H2,(H,29,31). The van der Waals surface area contributed by atoms with Crippen molar-refractivity contribution >= 4 is 46.8 Å². The number of carbonyl (C=O) groups is 3. The highest BCUT2D eigenvalue weighted by atomic mass is 35.5. The summed E-state index contributed by atoms with van der Waals surface area (Å²) in [6, 6.07) is 19.1. The van der Waals surface area contributed by atoms with Gasteiger partial charge >= 0.3 is 0 Å². The molecule has 0 aromatic heterocycles. The molecule has 3 aromatic carbocycles. The lowest BCUT2D eigenvalue weighted by atomic mass is 10.1. The minimum atomic E-state index is -0.328. The Balaban J connectivity index is 1.17. The number of nitrogens with zero attached hydrogens (tertiary/aromatic N) is 1. The van der Waals surface area contributed by atoms with Gasteiger partial charge in [-0.25, -0.2) is 0 Å². The number of hydrogen-bond acceptors (Lipinski definition) is 6. The maximum absolute atomic E-state index is 12.9. The number of nitrogens with one attached hydrogen (secondary N) is 1. The molecule has 36 heavy (non-hydrogen) atoms. The highest BCUT2D eigenvalue weighted by Crippen LogP contribution is 2.31. The number of carbonyl (C=O) groups excluding carboxylic acids is 3. The fraction of sp³-hybridized carbons (Fsp3) is 0.222. The molecular weight excluding hydrogens is 500 g/mol. The van der Waals surface area contributed by atoms with Gasteiger partial charge in [-0.15, -0.1) is 11.8 Å². The van der Waals surface area contributed by atoms with Crippen LogP contribution in [0, 0.1) is 0 Å². The number of fused-ring (bicyclic) bond motifs is 1. The first-order chi connectivity index (χ1) is 17.5. The Morgan fingerprint density at radius 3 is 2.44 bits per heavy atom. The topological polar surface area (TPSA) is 84.9 Å². The zero-order valence-corrected chi connectivity index (χ0v) is 20.8. The van der Waals surface area contributed by atoms with Crippen molar-refractivity contribution in [3.63, 3.8) is 0 Å². The fourth-order valence-electron chi connectivity index (χ4n) is 4.11. The molecule has 2 aliphatic heterocycles. The number of amides is 3. The van der Waals surface area contributed by atoms with Crippen LogP contribution >= 0.6 is 23.4 Å². The summed E-state index contributed by atoms with van der Waals surface area (Å²) in [6.45, 7) is 0.935. The van der Waals surface area contributed by atoms with Crippen molar-refractivity contribution in [3.05, 3.63) is 82.9 Å². The van der Waals surface area contributed by atoms with E-state index < -0.39 is 0 Å². The lowest BCUT2D eigenvalue weighted by molar-refractivity contribution is -0.113. The number of rotatable bonds is 8. The molecule has 1 atom stereocenters. The van der Waals surface area contributed by atoms with Gasteiger partial charge in [0.05, 0.1) is 29.5 Å². The van der Waals surface area contributed by atoms with E-state index in [1.165, 1.54) is 16.7 Å². The Hall–Kier alpha value is -3.33. The minimum Gasteiger partial charge on any atom is -0.457 e. The van der Waals surface area contributed by atoms with Gasteiger partial charge in [0, 0.05) is 22.2 Å². The average Bonchev–Trinajstić information content (AvgIpc) is 3.48. The van der Waals surface area contributed by atoms with E-state index in [-0.39, 0.29) is 36.1 Å². The van der Waals surface area contributed by atoms with Crippen LogP contribution in [0.3, 0.4) is 0 Å². The maximum Gasteiger partial charge on any atom is 0.261 e. The van der Waals surface area contributed by atoms with Crippen LogP contribution in [0.5, 0.6) is 11.5 Å². The lowest BCUT2D eigenvalue weighted by Crippen LogP contribution is -2.36. The van der Waals surface area contributed by atoms with Crippen molar-refractivity contribution in [3.8, 4) is 11.5 Å². The van der Waals surface area contributed by atoms with Crippen molar-refractivity contribution in [1.82, 2.24) is 4.90 Å². The minimum absolute atomic E-state index is 0.0991. The van der Waals surface area contributed by atoms with Crippen LogP contribution in [-0.4, -0.2) is 47.6 Å². The van der Waals surface area contributed by atoms with Crippen molar-refractivity contribution in [1.29, 1.82) is 0 Å². The van der Waals surface area contributed by atoms with Crippen LogP contribution in [0.4, 0.5) is 5.69 Å². The molecule has 9 heteroatoms. The first-order valence-electron chi connectivity index (χ1n) is 11.5. The highest BCUT2D eigenvalue weighted by Gasteiger charge is 2.37. The van der Waals surface area contributed by atoms with E-state index in [4.69, 9.17) is 21.1 Å². The molecule has 0 bridgehead atoms. The number of anilines is 1. The summed E-state index contributed by atoms with van der Waals surface area (Å²) in [7, 11) is 0. The van der Waals surface area contributed by atoms with Gasteiger partial charge in [0.1, 0.15) is 11.5 Å². The Morgan fingerprint density at radius 1 is 1.00 bits per heavy atom. The Bertz CT molecular complexity index is 1290. The fourth-order valence-corrected chi connectivity index (χ4v) is 4.93. The van der Waals surface area contributed by atoms with Crippen molar-refractivity contribution in [2.75, 3.05) is 24.2 Å². The summed E-state index contributed by atoms with van der Waals surface area (Å²) in [5.41, 5.74) is 1.35. The molecule has 1 saturated heterocycles. The third-order valence-corrected chi connectivity index (χ3v) is 7.17. The van der Waals surface area contributed by atoms with E-state index in [0.717, 1.165) is 17.7 Å². The molecule has 2 aliphatic rings. The Morgan fingerprint density at radius 2 is 1.72 bits per heavy atom. The summed E-state index contributed by atoms with van der Waals surface area (Å²) in [5.74, 6) is 0.502. The van der Waals surface area contributed by atoms with Gasteiger partial charge in [0.2, 0.25) is 5.91 Å². The Kier molecular flexibility index (Phi) is 7.27. The zero-order valence-electron chi connectivity index (χ0n) is 19.2. The van der Waals surface area contributed by atoms with Gasteiger partial charge in [-0.1, -0.05) is 11.6 Å². The van der Waals surface area contributed by atoms with E-state index in [9.17, 15) is 14.4 Å².